The number of aryl methyl sites for hydroxylation is 1. The fourth-order valence-corrected chi connectivity index (χ4v) is 3.13. The summed E-state index contributed by atoms with van der Waals surface area (Å²) < 4.78 is 13.7. The minimum absolute atomic E-state index is 0. The molecule has 1 heterocycles. The Labute approximate surface area is 140 Å². The number of rotatable bonds is 7. The molecule has 1 aliphatic rings. The maximum absolute atomic E-state index is 13.7. The van der Waals surface area contributed by atoms with Gasteiger partial charge in [0.05, 0.1) is 0 Å². The van der Waals surface area contributed by atoms with Crippen LogP contribution in [0.4, 0.5) is 4.39 Å². The summed E-state index contributed by atoms with van der Waals surface area (Å²) in [6, 6.07) is 5.54. The van der Waals surface area contributed by atoms with E-state index in [0.717, 1.165) is 51.0 Å². The maximum Gasteiger partial charge on any atom is 0.123 e. The Bertz CT molecular complexity index is 458. The first-order valence-electron chi connectivity index (χ1n) is 8.04. The van der Waals surface area contributed by atoms with Gasteiger partial charge in [-0.15, -0.1) is 19.0 Å². The average Bonchev–Trinajstić information content (AvgIpc) is 2.51. The van der Waals surface area contributed by atoms with Crippen LogP contribution in [0, 0.1) is 12.7 Å². The molecule has 2 nitrogen and oxygen atoms in total. The molecule has 0 amide bonds. The van der Waals surface area contributed by atoms with Gasteiger partial charge in [0.2, 0.25) is 0 Å². The van der Waals surface area contributed by atoms with Crippen LogP contribution in [0.15, 0.2) is 30.9 Å². The molecular weight excluding hydrogens is 299 g/mol. The lowest BCUT2D eigenvalue weighted by molar-refractivity contribution is 0.162. The number of piperazine rings is 1. The summed E-state index contributed by atoms with van der Waals surface area (Å²) in [4.78, 5) is 2.51. The molecule has 1 aromatic rings. The molecule has 1 N–H and O–H groups in total. The number of hydrogen-bond acceptors (Lipinski definition) is 2. The third-order valence-electron chi connectivity index (χ3n) is 4.33. The SMILES string of the molecule is C=CCCCC[C@@H](c1cc(F)ccc1C)N1CCNCC1.Cl. The van der Waals surface area contributed by atoms with Gasteiger partial charge in [-0.2, -0.15) is 0 Å². The smallest absolute Gasteiger partial charge is 0.123 e. The Kier molecular flexibility index (Phi) is 8.69. The van der Waals surface area contributed by atoms with E-state index in [2.05, 4.69) is 23.7 Å². The van der Waals surface area contributed by atoms with Gasteiger partial charge in [0, 0.05) is 32.2 Å². The van der Waals surface area contributed by atoms with Crippen molar-refractivity contribution in [2.24, 2.45) is 0 Å². The van der Waals surface area contributed by atoms with E-state index in [9.17, 15) is 4.39 Å². The van der Waals surface area contributed by atoms with Crippen molar-refractivity contribution in [3.8, 4) is 0 Å². The van der Waals surface area contributed by atoms with Crippen LogP contribution in [0.25, 0.3) is 0 Å². The number of nitrogens with zero attached hydrogens (tertiary/aromatic N) is 1. The van der Waals surface area contributed by atoms with Gasteiger partial charge in [0.1, 0.15) is 5.82 Å². The molecule has 2 rings (SSSR count). The Balaban J connectivity index is 0.00000242. The highest BCUT2D eigenvalue weighted by atomic mass is 35.5. The predicted molar refractivity (Wildman–Crippen MR) is 94.2 cm³/mol. The number of hydrogen-bond donors (Lipinski definition) is 1. The van der Waals surface area contributed by atoms with Crippen LogP contribution < -0.4 is 5.32 Å². The van der Waals surface area contributed by atoms with Gasteiger partial charge in [0.15, 0.2) is 0 Å². The Morgan fingerprint density at radius 2 is 2.05 bits per heavy atom. The summed E-state index contributed by atoms with van der Waals surface area (Å²) in [6.07, 6.45) is 6.47. The second kappa shape index (κ2) is 9.98. The molecule has 0 unspecified atom stereocenters. The van der Waals surface area contributed by atoms with Gasteiger partial charge < -0.3 is 5.32 Å². The molecule has 4 heteroatoms. The van der Waals surface area contributed by atoms with Crippen molar-refractivity contribution in [3.63, 3.8) is 0 Å². The molecular formula is C18H28ClFN2. The van der Waals surface area contributed by atoms with Crippen molar-refractivity contribution in [2.75, 3.05) is 26.2 Å². The summed E-state index contributed by atoms with van der Waals surface area (Å²) in [5.74, 6) is -0.123. The molecule has 1 aromatic carbocycles. The van der Waals surface area contributed by atoms with E-state index in [1.807, 2.05) is 12.1 Å². The van der Waals surface area contributed by atoms with Crippen LogP contribution in [0.3, 0.4) is 0 Å². The number of allylic oxidation sites excluding steroid dienone is 1. The molecule has 0 aromatic heterocycles. The zero-order valence-electron chi connectivity index (χ0n) is 13.5. The Morgan fingerprint density at radius 1 is 1.32 bits per heavy atom. The molecule has 0 bridgehead atoms. The topological polar surface area (TPSA) is 15.3 Å². The van der Waals surface area contributed by atoms with Gasteiger partial charge in [0.25, 0.3) is 0 Å². The highest BCUT2D eigenvalue weighted by Crippen LogP contribution is 2.30. The van der Waals surface area contributed by atoms with E-state index in [1.165, 1.54) is 12.0 Å². The lowest BCUT2D eigenvalue weighted by Gasteiger charge is -2.36. The van der Waals surface area contributed by atoms with Crippen molar-refractivity contribution in [1.29, 1.82) is 0 Å². The van der Waals surface area contributed by atoms with Crippen LogP contribution in [0.1, 0.15) is 42.9 Å². The average molecular weight is 327 g/mol. The highest BCUT2D eigenvalue weighted by molar-refractivity contribution is 5.85. The molecule has 1 fully saturated rings. The third kappa shape index (κ3) is 5.38. The van der Waals surface area contributed by atoms with Crippen LogP contribution in [0.5, 0.6) is 0 Å². The monoisotopic (exact) mass is 326 g/mol. The molecule has 0 aliphatic carbocycles. The minimum Gasteiger partial charge on any atom is -0.314 e. The third-order valence-corrected chi connectivity index (χ3v) is 4.33. The van der Waals surface area contributed by atoms with Crippen LogP contribution >= 0.6 is 12.4 Å². The first-order chi connectivity index (χ1) is 10.2. The van der Waals surface area contributed by atoms with Crippen molar-refractivity contribution in [3.05, 3.63) is 47.8 Å². The summed E-state index contributed by atoms with van der Waals surface area (Å²) in [5, 5.41) is 3.39. The first kappa shape index (κ1) is 19.1. The number of unbranched alkanes of at least 4 members (excludes halogenated alkanes) is 2. The van der Waals surface area contributed by atoms with Crippen LogP contribution in [0.2, 0.25) is 0 Å². The summed E-state index contributed by atoms with van der Waals surface area (Å²) in [7, 11) is 0. The predicted octanol–water partition coefficient (Wildman–Crippen LogP) is 4.25. The van der Waals surface area contributed by atoms with E-state index in [0.29, 0.717) is 6.04 Å². The van der Waals surface area contributed by atoms with Crippen LogP contribution in [-0.4, -0.2) is 31.1 Å². The van der Waals surface area contributed by atoms with Crippen LogP contribution in [-0.2, 0) is 0 Å². The Morgan fingerprint density at radius 3 is 2.73 bits per heavy atom. The Hall–Kier alpha value is -0.900. The molecule has 0 spiro atoms. The van der Waals surface area contributed by atoms with Crippen molar-refractivity contribution >= 4 is 12.4 Å². The van der Waals surface area contributed by atoms with Gasteiger partial charge in [-0.3, -0.25) is 4.90 Å². The second-order valence-corrected chi connectivity index (χ2v) is 5.88. The summed E-state index contributed by atoms with van der Waals surface area (Å²) in [6.45, 7) is 10.0. The van der Waals surface area contributed by atoms with E-state index < -0.39 is 0 Å². The normalized spacial score (nSPS) is 16.8. The number of halogens is 2. The summed E-state index contributed by atoms with van der Waals surface area (Å²) >= 11 is 0. The van der Waals surface area contributed by atoms with Gasteiger partial charge >= 0.3 is 0 Å². The molecule has 124 valence electrons. The van der Waals surface area contributed by atoms with Crippen molar-refractivity contribution in [1.82, 2.24) is 10.2 Å². The molecule has 0 saturated carbocycles. The summed E-state index contributed by atoms with van der Waals surface area (Å²) in [5.41, 5.74) is 2.36. The van der Waals surface area contributed by atoms with Gasteiger partial charge in [-0.25, -0.2) is 4.39 Å². The van der Waals surface area contributed by atoms with E-state index in [4.69, 9.17) is 0 Å². The van der Waals surface area contributed by atoms with E-state index >= 15 is 0 Å². The lowest BCUT2D eigenvalue weighted by Crippen LogP contribution is -2.45. The molecule has 1 atom stereocenters. The van der Waals surface area contributed by atoms with Crippen molar-refractivity contribution in [2.45, 2.75) is 38.6 Å². The number of benzene rings is 1. The van der Waals surface area contributed by atoms with Gasteiger partial charge in [-0.05, 0) is 49.4 Å². The maximum atomic E-state index is 13.7. The van der Waals surface area contributed by atoms with E-state index in [-0.39, 0.29) is 18.2 Å². The second-order valence-electron chi connectivity index (χ2n) is 5.88. The zero-order chi connectivity index (χ0) is 15.1. The quantitative estimate of drug-likeness (QED) is 0.595. The fraction of sp³-hybridized carbons (Fsp3) is 0.556. The highest BCUT2D eigenvalue weighted by Gasteiger charge is 2.23. The fourth-order valence-electron chi connectivity index (χ4n) is 3.13. The lowest BCUT2D eigenvalue weighted by atomic mass is 9.94. The molecule has 22 heavy (non-hydrogen) atoms. The minimum atomic E-state index is -0.123. The molecule has 1 saturated heterocycles. The molecule has 0 radical (unpaired) electrons. The largest absolute Gasteiger partial charge is 0.314 e. The van der Waals surface area contributed by atoms with E-state index in [1.54, 1.807) is 12.1 Å². The first-order valence-corrected chi connectivity index (χ1v) is 8.04. The zero-order valence-corrected chi connectivity index (χ0v) is 14.3. The standard InChI is InChI=1S/C18H27FN2.ClH/c1-3-4-5-6-7-18(21-12-10-20-11-13-21)17-14-16(19)9-8-15(17)2;/h3,8-9,14,18,20H,1,4-7,10-13H2,2H3;1H/t18-;/m0./s1. The van der Waals surface area contributed by atoms with Gasteiger partial charge in [-0.1, -0.05) is 18.6 Å². The molecule has 1 aliphatic heterocycles. The van der Waals surface area contributed by atoms with Crippen molar-refractivity contribution < 1.29 is 4.39 Å². The number of nitrogens with one attached hydrogen (secondary N) is 1.